The minimum atomic E-state index is -0.322. The monoisotopic (exact) mass is 314 g/mol. The normalized spacial score (nSPS) is 11.0. The zero-order valence-corrected chi connectivity index (χ0v) is 13.1. The van der Waals surface area contributed by atoms with Gasteiger partial charge in [0.2, 0.25) is 5.91 Å². The molecule has 0 radical (unpaired) electrons. The summed E-state index contributed by atoms with van der Waals surface area (Å²) in [4.78, 5) is 11.7. The van der Waals surface area contributed by atoms with Gasteiger partial charge in [0.25, 0.3) is 0 Å². The Balaban J connectivity index is 1.83. The van der Waals surface area contributed by atoms with Crippen molar-refractivity contribution in [3.05, 3.63) is 65.5 Å². The van der Waals surface area contributed by atoms with Crippen LogP contribution in [-0.4, -0.2) is 18.2 Å². The Morgan fingerprint density at radius 1 is 1.17 bits per heavy atom. The molecule has 0 saturated carbocycles. The Labute approximate surface area is 135 Å². The Bertz CT molecular complexity index is 664. The Morgan fingerprint density at radius 2 is 1.83 bits per heavy atom. The van der Waals surface area contributed by atoms with Gasteiger partial charge in [0.05, 0.1) is 18.7 Å². The summed E-state index contributed by atoms with van der Waals surface area (Å²) in [5.41, 5.74) is 4.03. The summed E-state index contributed by atoms with van der Waals surface area (Å²) in [6.07, 6.45) is 1.83. The number of carbonyl (C=O) groups excluding carboxylic acids is 1. The number of hydrogen-bond donors (Lipinski definition) is 1. The summed E-state index contributed by atoms with van der Waals surface area (Å²) in [5.74, 6) is 0.210. The number of halogens is 1. The number of hydrogen-bond acceptors (Lipinski definition) is 3. The molecule has 0 aliphatic heterocycles. The molecule has 23 heavy (non-hydrogen) atoms. The molecule has 0 saturated heterocycles. The van der Waals surface area contributed by atoms with Crippen LogP contribution in [0.25, 0.3) is 0 Å². The zero-order chi connectivity index (χ0) is 16.7. The Kier molecular flexibility index (Phi) is 5.86. The molecule has 4 nitrogen and oxygen atoms in total. The van der Waals surface area contributed by atoms with Gasteiger partial charge in [0.15, 0.2) is 0 Å². The van der Waals surface area contributed by atoms with Crippen molar-refractivity contribution in [1.29, 1.82) is 0 Å². The van der Waals surface area contributed by atoms with E-state index in [1.807, 2.05) is 38.1 Å². The average molecular weight is 314 g/mol. The highest BCUT2D eigenvalue weighted by Gasteiger charge is 2.02. The van der Waals surface area contributed by atoms with Gasteiger partial charge in [-0.1, -0.05) is 12.1 Å². The predicted molar refractivity (Wildman–Crippen MR) is 88.0 cm³/mol. The first-order chi connectivity index (χ1) is 11.0. The van der Waals surface area contributed by atoms with Gasteiger partial charge in [-0.05, 0) is 61.4 Å². The van der Waals surface area contributed by atoms with Crippen LogP contribution in [0.15, 0.2) is 53.6 Å². The number of rotatable bonds is 6. The zero-order valence-electron chi connectivity index (χ0n) is 13.1. The largest absolute Gasteiger partial charge is 0.491 e. The van der Waals surface area contributed by atoms with E-state index in [0.29, 0.717) is 0 Å². The van der Waals surface area contributed by atoms with Crippen molar-refractivity contribution >= 4 is 12.1 Å². The van der Waals surface area contributed by atoms with Crippen LogP contribution in [0.1, 0.15) is 25.0 Å². The van der Waals surface area contributed by atoms with Gasteiger partial charge in [0, 0.05) is 0 Å². The molecule has 2 aromatic rings. The van der Waals surface area contributed by atoms with E-state index in [0.717, 1.165) is 16.9 Å². The number of nitrogens with zero attached hydrogens (tertiary/aromatic N) is 1. The van der Waals surface area contributed by atoms with Crippen LogP contribution in [0.2, 0.25) is 0 Å². The third-order valence-electron chi connectivity index (χ3n) is 2.93. The summed E-state index contributed by atoms with van der Waals surface area (Å²) in [5, 5.41) is 3.91. The summed E-state index contributed by atoms with van der Waals surface area (Å²) in [7, 11) is 0. The smallest absolute Gasteiger partial charge is 0.244 e. The van der Waals surface area contributed by atoms with E-state index < -0.39 is 0 Å². The standard InChI is InChI=1S/C18H19FN2O2/c1-13(2)23-17-9-5-15(6-10-17)12-20-21-18(22)11-14-3-7-16(19)8-4-14/h3-10,12-13H,11H2,1-2H3,(H,21,22)/b20-12+. The fourth-order valence-corrected chi connectivity index (χ4v) is 1.91. The first-order valence-electron chi connectivity index (χ1n) is 7.36. The van der Waals surface area contributed by atoms with E-state index in [1.165, 1.54) is 12.1 Å². The third kappa shape index (κ3) is 5.90. The average Bonchev–Trinajstić information content (AvgIpc) is 2.51. The molecule has 0 spiro atoms. The Morgan fingerprint density at radius 3 is 2.43 bits per heavy atom. The molecule has 0 heterocycles. The van der Waals surface area contributed by atoms with Gasteiger partial charge in [0.1, 0.15) is 11.6 Å². The molecule has 0 bridgehead atoms. The second kappa shape index (κ2) is 8.08. The van der Waals surface area contributed by atoms with Crippen LogP contribution in [0.4, 0.5) is 4.39 Å². The molecule has 0 aromatic heterocycles. The number of carbonyl (C=O) groups is 1. The fourth-order valence-electron chi connectivity index (χ4n) is 1.91. The van der Waals surface area contributed by atoms with Gasteiger partial charge in [-0.15, -0.1) is 0 Å². The predicted octanol–water partition coefficient (Wildman–Crippen LogP) is 3.31. The SMILES string of the molecule is CC(C)Oc1ccc(/C=N/NC(=O)Cc2ccc(F)cc2)cc1. The highest BCUT2D eigenvalue weighted by atomic mass is 19.1. The maximum atomic E-state index is 12.8. The lowest BCUT2D eigenvalue weighted by Crippen LogP contribution is -2.19. The van der Waals surface area contributed by atoms with Crippen LogP contribution in [-0.2, 0) is 11.2 Å². The summed E-state index contributed by atoms with van der Waals surface area (Å²) in [6, 6.07) is 13.2. The lowest BCUT2D eigenvalue weighted by Gasteiger charge is -2.09. The topological polar surface area (TPSA) is 50.7 Å². The maximum absolute atomic E-state index is 12.8. The second-order valence-electron chi connectivity index (χ2n) is 5.33. The molecule has 0 aliphatic rings. The molecular formula is C18H19FN2O2. The van der Waals surface area contributed by atoms with E-state index in [1.54, 1.807) is 18.3 Å². The third-order valence-corrected chi connectivity index (χ3v) is 2.93. The summed E-state index contributed by atoms with van der Waals surface area (Å²) >= 11 is 0. The van der Waals surface area contributed by atoms with E-state index in [9.17, 15) is 9.18 Å². The number of benzene rings is 2. The van der Waals surface area contributed by atoms with Crippen LogP contribution in [0.3, 0.4) is 0 Å². The number of nitrogens with one attached hydrogen (secondary N) is 1. The lowest BCUT2D eigenvalue weighted by molar-refractivity contribution is -0.120. The van der Waals surface area contributed by atoms with Gasteiger partial charge in [-0.3, -0.25) is 4.79 Å². The molecule has 120 valence electrons. The highest BCUT2D eigenvalue weighted by molar-refractivity contribution is 5.83. The fraction of sp³-hybridized carbons (Fsp3) is 0.222. The maximum Gasteiger partial charge on any atom is 0.244 e. The minimum absolute atomic E-state index is 0.125. The molecule has 0 fully saturated rings. The number of amides is 1. The van der Waals surface area contributed by atoms with E-state index in [4.69, 9.17) is 4.74 Å². The quantitative estimate of drug-likeness (QED) is 0.657. The molecule has 0 atom stereocenters. The van der Waals surface area contributed by atoms with Gasteiger partial charge < -0.3 is 4.74 Å². The molecule has 5 heteroatoms. The van der Waals surface area contributed by atoms with Crippen molar-refractivity contribution in [3.8, 4) is 5.75 Å². The highest BCUT2D eigenvalue weighted by Crippen LogP contribution is 2.12. The van der Waals surface area contributed by atoms with Crippen molar-refractivity contribution in [2.45, 2.75) is 26.4 Å². The van der Waals surface area contributed by atoms with Crippen LogP contribution in [0.5, 0.6) is 5.75 Å². The van der Waals surface area contributed by atoms with Crippen LogP contribution < -0.4 is 10.2 Å². The van der Waals surface area contributed by atoms with Crippen LogP contribution >= 0.6 is 0 Å². The van der Waals surface area contributed by atoms with E-state index >= 15 is 0 Å². The molecule has 0 aliphatic carbocycles. The summed E-state index contributed by atoms with van der Waals surface area (Å²) in [6.45, 7) is 3.93. The first-order valence-corrected chi connectivity index (χ1v) is 7.36. The van der Waals surface area contributed by atoms with Crippen molar-refractivity contribution in [2.75, 3.05) is 0 Å². The van der Waals surface area contributed by atoms with Crippen molar-refractivity contribution in [3.63, 3.8) is 0 Å². The van der Waals surface area contributed by atoms with Gasteiger partial charge >= 0.3 is 0 Å². The first kappa shape index (κ1) is 16.7. The molecule has 2 rings (SSSR count). The molecule has 2 aromatic carbocycles. The molecular weight excluding hydrogens is 295 g/mol. The van der Waals surface area contributed by atoms with Crippen molar-refractivity contribution in [1.82, 2.24) is 5.43 Å². The molecule has 0 unspecified atom stereocenters. The number of hydrazone groups is 1. The van der Waals surface area contributed by atoms with Crippen molar-refractivity contribution < 1.29 is 13.9 Å². The van der Waals surface area contributed by atoms with E-state index in [2.05, 4.69) is 10.5 Å². The number of ether oxygens (including phenoxy) is 1. The van der Waals surface area contributed by atoms with Crippen molar-refractivity contribution in [2.24, 2.45) is 5.10 Å². The lowest BCUT2D eigenvalue weighted by atomic mass is 10.1. The van der Waals surface area contributed by atoms with E-state index in [-0.39, 0.29) is 24.2 Å². The second-order valence-corrected chi connectivity index (χ2v) is 5.33. The van der Waals surface area contributed by atoms with Gasteiger partial charge in [-0.2, -0.15) is 5.10 Å². The molecule has 1 N–H and O–H groups in total. The summed E-state index contributed by atoms with van der Waals surface area (Å²) < 4.78 is 18.3. The van der Waals surface area contributed by atoms with Gasteiger partial charge in [-0.25, -0.2) is 9.82 Å². The molecule has 1 amide bonds. The minimum Gasteiger partial charge on any atom is -0.491 e. The Hall–Kier alpha value is -2.69. The van der Waals surface area contributed by atoms with Crippen LogP contribution in [0, 0.1) is 5.82 Å².